The van der Waals surface area contributed by atoms with Crippen LogP contribution in [-0.2, 0) is 39.7 Å². The first-order valence-electron chi connectivity index (χ1n) is 14.7. The van der Waals surface area contributed by atoms with Gasteiger partial charge in [-0.05, 0) is 70.1 Å². The molecule has 10 heteroatoms. The van der Waals surface area contributed by atoms with Gasteiger partial charge in [-0.2, -0.15) is 0 Å². The molecule has 0 bridgehead atoms. The molecule has 1 aliphatic rings. The van der Waals surface area contributed by atoms with Crippen LogP contribution in [0.3, 0.4) is 0 Å². The Morgan fingerprint density at radius 2 is 1.58 bits per heavy atom. The Labute approximate surface area is 269 Å². The lowest BCUT2D eigenvalue weighted by Crippen LogP contribution is -2.26. The zero-order valence-corrected chi connectivity index (χ0v) is 27.1. The smallest absolute Gasteiger partial charge is 0.261 e. The standard InChI is InChI=1S/C35H36ClFN2O5S/c1-35(2,3)27-11-8-24(9-12-27)18-34(40)39-22-25-10-14-31(19-26(25)23-39)45(41,42)38-33-15-13-30(21-32(33)37)44-17-5-16-43-29-7-4-6-28(36)20-29/h4,6-15,19-21,38H,5,16-18,22-23H2,1-3H3. The predicted molar refractivity (Wildman–Crippen MR) is 174 cm³/mol. The zero-order chi connectivity index (χ0) is 32.2. The summed E-state index contributed by atoms with van der Waals surface area (Å²) in [6.45, 7) is 7.82. The maximum atomic E-state index is 14.9. The van der Waals surface area contributed by atoms with Gasteiger partial charge in [-0.15, -0.1) is 0 Å². The molecule has 4 aromatic carbocycles. The number of hydrogen-bond donors (Lipinski definition) is 1. The number of carbonyl (C=O) groups is 1. The number of benzene rings is 4. The van der Waals surface area contributed by atoms with Gasteiger partial charge in [-0.1, -0.05) is 68.8 Å². The predicted octanol–water partition coefficient (Wildman–Crippen LogP) is 7.51. The molecular weight excluding hydrogens is 615 g/mol. The molecule has 1 aliphatic heterocycles. The highest BCUT2D eigenvalue weighted by atomic mass is 35.5. The summed E-state index contributed by atoms with van der Waals surface area (Å²) in [6.07, 6.45) is 0.815. The molecule has 0 radical (unpaired) electrons. The van der Waals surface area contributed by atoms with E-state index in [0.717, 1.165) is 22.8 Å². The number of fused-ring (bicyclic) bond motifs is 1. The zero-order valence-electron chi connectivity index (χ0n) is 25.5. The molecular formula is C35H36ClFN2O5S. The van der Waals surface area contributed by atoms with Crippen LogP contribution in [0.1, 0.15) is 49.4 Å². The largest absolute Gasteiger partial charge is 0.493 e. The van der Waals surface area contributed by atoms with Crippen LogP contribution in [0.4, 0.5) is 10.1 Å². The van der Waals surface area contributed by atoms with E-state index in [0.29, 0.717) is 36.9 Å². The Hall–Kier alpha value is -4.08. The Kier molecular flexibility index (Phi) is 9.70. The Morgan fingerprint density at radius 3 is 2.24 bits per heavy atom. The average Bonchev–Trinajstić information content (AvgIpc) is 3.42. The van der Waals surface area contributed by atoms with Crippen molar-refractivity contribution in [2.75, 3.05) is 17.9 Å². The van der Waals surface area contributed by atoms with Gasteiger partial charge < -0.3 is 14.4 Å². The highest BCUT2D eigenvalue weighted by Gasteiger charge is 2.26. The molecule has 1 heterocycles. The van der Waals surface area contributed by atoms with Crippen LogP contribution in [0.2, 0.25) is 5.02 Å². The van der Waals surface area contributed by atoms with Crippen LogP contribution < -0.4 is 14.2 Å². The van der Waals surface area contributed by atoms with Crippen molar-refractivity contribution in [3.05, 3.63) is 118 Å². The molecule has 5 rings (SSSR count). The lowest BCUT2D eigenvalue weighted by Gasteiger charge is -2.19. The van der Waals surface area contributed by atoms with E-state index in [1.54, 1.807) is 41.3 Å². The minimum atomic E-state index is -4.09. The molecule has 1 N–H and O–H groups in total. The van der Waals surface area contributed by atoms with E-state index in [9.17, 15) is 17.6 Å². The second-order valence-electron chi connectivity index (χ2n) is 12.1. The number of halogens is 2. The van der Waals surface area contributed by atoms with Gasteiger partial charge in [0.25, 0.3) is 10.0 Å². The fourth-order valence-electron chi connectivity index (χ4n) is 4.99. The SMILES string of the molecule is CC(C)(C)c1ccc(CC(=O)N2Cc3ccc(S(=O)(=O)Nc4ccc(OCCCOc5cccc(Cl)c5)cc4F)cc3C2)cc1. The molecule has 1 amide bonds. The summed E-state index contributed by atoms with van der Waals surface area (Å²) >= 11 is 5.94. The highest BCUT2D eigenvalue weighted by molar-refractivity contribution is 7.92. The summed E-state index contributed by atoms with van der Waals surface area (Å²) in [5, 5.41) is 0.582. The number of nitrogens with one attached hydrogen (secondary N) is 1. The fourth-order valence-corrected chi connectivity index (χ4v) is 6.29. The van der Waals surface area contributed by atoms with Crippen molar-refractivity contribution in [3.8, 4) is 11.5 Å². The summed E-state index contributed by atoms with van der Waals surface area (Å²) in [5.41, 5.74) is 3.60. The quantitative estimate of drug-likeness (QED) is 0.170. The number of nitrogens with zero attached hydrogens (tertiary/aromatic N) is 1. The Balaban J connectivity index is 1.14. The lowest BCUT2D eigenvalue weighted by molar-refractivity contribution is -0.131. The molecule has 0 saturated heterocycles. The highest BCUT2D eigenvalue weighted by Crippen LogP contribution is 2.29. The maximum Gasteiger partial charge on any atom is 0.261 e. The Bertz CT molecular complexity index is 1790. The minimum Gasteiger partial charge on any atom is -0.493 e. The molecule has 4 aromatic rings. The molecule has 0 unspecified atom stereocenters. The molecule has 0 aromatic heterocycles. The maximum absolute atomic E-state index is 14.9. The normalized spacial score (nSPS) is 13.0. The third kappa shape index (κ3) is 8.35. The van der Waals surface area contributed by atoms with Gasteiger partial charge in [0.2, 0.25) is 5.91 Å². The van der Waals surface area contributed by atoms with Gasteiger partial charge in [0.15, 0.2) is 5.82 Å². The van der Waals surface area contributed by atoms with Crippen molar-refractivity contribution in [3.63, 3.8) is 0 Å². The monoisotopic (exact) mass is 650 g/mol. The minimum absolute atomic E-state index is 0.00671. The van der Waals surface area contributed by atoms with Crippen LogP contribution >= 0.6 is 11.6 Å². The van der Waals surface area contributed by atoms with E-state index >= 15 is 0 Å². The molecule has 0 aliphatic carbocycles. The topological polar surface area (TPSA) is 84.9 Å². The summed E-state index contributed by atoms with van der Waals surface area (Å²) in [7, 11) is -4.09. The van der Waals surface area contributed by atoms with E-state index in [2.05, 4.69) is 37.6 Å². The molecule has 0 spiro atoms. The van der Waals surface area contributed by atoms with Gasteiger partial charge in [0.05, 0.1) is 30.2 Å². The fraction of sp³-hybridized carbons (Fsp3) is 0.286. The van der Waals surface area contributed by atoms with Gasteiger partial charge >= 0.3 is 0 Å². The van der Waals surface area contributed by atoms with E-state index < -0.39 is 15.8 Å². The molecule has 236 valence electrons. The van der Waals surface area contributed by atoms with Gasteiger partial charge in [-0.3, -0.25) is 9.52 Å². The average molecular weight is 651 g/mol. The van der Waals surface area contributed by atoms with E-state index in [4.69, 9.17) is 21.1 Å². The number of amides is 1. The van der Waals surface area contributed by atoms with Crippen molar-refractivity contribution in [1.29, 1.82) is 0 Å². The van der Waals surface area contributed by atoms with Crippen LogP contribution in [0.25, 0.3) is 0 Å². The van der Waals surface area contributed by atoms with Crippen molar-refractivity contribution >= 4 is 33.2 Å². The number of hydrogen-bond acceptors (Lipinski definition) is 5. The molecule has 0 fully saturated rings. The first-order chi connectivity index (χ1) is 21.4. The van der Waals surface area contributed by atoms with Crippen molar-refractivity contribution < 1.29 is 27.1 Å². The number of carbonyl (C=O) groups excluding carboxylic acids is 1. The molecule has 0 atom stereocenters. The van der Waals surface area contributed by atoms with Gasteiger partial charge in [0, 0.05) is 30.6 Å². The van der Waals surface area contributed by atoms with Gasteiger partial charge in [0.1, 0.15) is 11.5 Å². The molecule has 7 nitrogen and oxygen atoms in total. The van der Waals surface area contributed by atoms with E-state index in [1.807, 2.05) is 12.1 Å². The summed E-state index contributed by atoms with van der Waals surface area (Å²) in [4.78, 5) is 14.8. The third-order valence-electron chi connectivity index (χ3n) is 7.55. The van der Waals surface area contributed by atoms with Crippen molar-refractivity contribution in [2.45, 2.75) is 57.0 Å². The van der Waals surface area contributed by atoms with Crippen LogP contribution in [0.15, 0.2) is 89.8 Å². The van der Waals surface area contributed by atoms with Crippen LogP contribution in [0, 0.1) is 5.82 Å². The van der Waals surface area contributed by atoms with E-state index in [1.165, 1.54) is 23.8 Å². The lowest BCUT2D eigenvalue weighted by atomic mass is 9.86. The summed E-state index contributed by atoms with van der Waals surface area (Å²) in [6, 6.07) is 23.8. The van der Waals surface area contributed by atoms with Gasteiger partial charge in [-0.25, -0.2) is 12.8 Å². The number of ether oxygens (including phenoxy) is 2. The molecule has 45 heavy (non-hydrogen) atoms. The molecule has 0 saturated carbocycles. The second kappa shape index (κ2) is 13.5. The third-order valence-corrected chi connectivity index (χ3v) is 9.14. The first-order valence-corrected chi connectivity index (χ1v) is 16.6. The van der Waals surface area contributed by atoms with Crippen LogP contribution in [0.5, 0.6) is 11.5 Å². The first kappa shape index (κ1) is 32.3. The Morgan fingerprint density at radius 1 is 0.889 bits per heavy atom. The van der Waals surface area contributed by atoms with Crippen molar-refractivity contribution in [1.82, 2.24) is 4.90 Å². The second-order valence-corrected chi connectivity index (χ2v) is 14.2. The van der Waals surface area contributed by atoms with Crippen molar-refractivity contribution in [2.24, 2.45) is 0 Å². The number of rotatable bonds is 11. The number of sulfonamides is 1. The van der Waals surface area contributed by atoms with E-state index in [-0.39, 0.29) is 40.7 Å². The number of anilines is 1. The van der Waals surface area contributed by atoms with Crippen LogP contribution in [-0.4, -0.2) is 32.4 Å². The summed E-state index contributed by atoms with van der Waals surface area (Å²) in [5.74, 6) is 0.123. The summed E-state index contributed by atoms with van der Waals surface area (Å²) < 4.78 is 54.7.